The van der Waals surface area contributed by atoms with Gasteiger partial charge in [0, 0.05) is 5.02 Å². The van der Waals surface area contributed by atoms with Gasteiger partial charge in [-0.25, -0.2) is 4.98 Å². The molecule has 1 aromatic heterocycles. The molecule has 0 saturated heterocycles. The topological polar surface area (TPSA) is 55.1 Å². The summed E-state index contributed by atoms with van der Waals surface area (Å²) >= 11 is 6.21. The molecule has 20 heavy (non-hydrogen) atoms. The van der Waals surface area contributed by atoms with E-state index in [2.05, 4.69) is 4.98 Å². The van der Waals surface area contributed by atoms with Crippen LogP contribution in [0.4, 0.5) is 4.39 Å². The summed E-state index contributed by atoms with van der Waals surface area (Å²) < 4.78 is 14.4. The van der Waals surface area contributed by atoms with Crippen molar-refractivity contribution in [3.63, 3.8) is 0 Å². The number of rotatable bonds is 4. The normalized spacial score (nSPS) is 20.9. The average molecular weight is 295 g/mol. The van der Waals surface area contributed by atoms with Gasteiger partial charge < -0.3 is 9.67 Å². The van der Waals surface area contributed by atoms with Crippen molar-refractivity contribution in [2.24, 2.45) is 5.92 Å². The fourth-order valence-corrected chi connectivity index (χ4v) is 2.62. The largest absolute Gasteiger partial charge is 0.481 e. The second-order valence-corrected chi connectivity index (χ2v) is 5.41. The highest BCUT2D eigenvalue weighted by Crippen LogP contribution is 2.48. The van der Waals surface area contributed by atoms with Crippen LogP contribution in [-0.2, 0) is 11.3 Å². The number of benzene rings is 1. The molecule has 2 atom stereocenters. The van der Waals surface area contributed by atoms with Crippen LogP contribution in [0.25, 0.3) is 0 Å². The molecule has 0 amide bonds. The van der Waals surface area contributed by atoms with Gasteiger partial charge in [0.05, 0.1) is 25.0 Å². The highest BCUT2D eigenvalue weighted by atomic mass is 35.5. The van der Waals surface area contributed by atoms with Gasteiger partial charge in [0.2, 0.25) is 5.95 Å². The number of aliphatic carboxylic acids is 1. The number of carboxylic acids is 1. The van der Waals surface area contributed by atoms with Gasteiger partial charge in [-0.3, -0.25) is 4.79 Å². The maximum Gasteiger partial charge on any atom is 0.307 e. The lowest BCUT2D eigenvalue weighted by atomic mass is 10.1. The van der Waals surface area contributed by atoms with Gasteiger partial charge in [0.25, 0.3) is 0 Å². The van der Waals surface area contributed by atoms with E-state index in [1.54, 1.807) is 10.6 Å². The predicted octanol–water partition coefficient (Wildman–Crippen LogP) is 2.91. The van der Waals surface area contributed by atoms with Crippen LogP contribution in [0.3, 0.4) is 0 Å². The molecule has 0 spiro atoms. The van der Waals surface area contributed by atoms with E-state index in [4.69, 9.17) is 16.7 Å². The molecule has 2 aromatic rings. The first-order valence-electron chi connectivity index (χ1n) is 6.23. The SMILES string of the molecule is O=C(O)[C@@H]1C[C@H]1c1ccc(Cn2cnc(F)c2)c(Cl)c1. The van der Waals surface area contributed by atoms with E-state index < -0.39 is 11.9 Å². The van der Waals surface area contributed by atoms with Crippen LogP contribution in [0, 0.1) is 11.9 Å². The van der Waals surface area contributed by atoms with Crippen molar-refractivity contribution in [3.8, 4) is 0 Å². The van der Waals surface area contributed by atoms with Gasteiger partial charge in [-0.05, 0) is 29.5 Å². The van der Waals surface area contributed by atoms with Crippen LogP contribution < -0.4 is 0 Å². The van der Waals surface area contributed by atoms with Crippen LogP contribution in [-0.4, -0.2) is 20.6 Å². The van der Waals surface area contributed by atoms with Gasteiger partial charge in [0.1, 0.15) is 0 Å². The zero-order valence-corrected chi connectivity index (χ0v) is 11.2. The first-order chi connectivity index (χ1) is 9.54. The average Bonchev–Trinajstić information content (AvgIpc) is 3.10. The molecule has 1 aliphatic carbocycles. The molecule has 1 heterocycles. The lowest BCUT2D eigenvalue weighted by Crippen LogP contribution is -2.00. The Balaban J connectivity index is 1.76. The third-order valence-corrected chi connectivity index (χ3v) is 3.92. The summed E-state index contributed by atoms with van der Waals surface area (Å²) in [5.74, 6) is -1.52. The van der Waals surface area contributed by atoms with E-state index in [1.807, 2.05) is 12.1 Å². The Morgan fingerprint density at radius 1 is 1.55 bits per heavy atom. The summed E-state index contributed by atoms with van der Waals surface area (Å²) in [7, 11) is 0. The lowest BCUT2D eigenvalue weighted by molar-refractivity contribution is -0.138. The monoisotopic (exact) mass is 294 g/mol. The van der Waals surface area contributed by atoms with Gasteiger partial charge >= 0.3 is 5.97 Å². The Kier molecular flexibility index (Phi) is 3.22. The van der Waals surface area contributed by atoms with Crippen molar-refractivity contribution in [1.82, 2.24) is 9.55 Å². The maximum atomic E-state index is 12.8. The van der Waals surface area contributed by atoms with Gasteiger partial charge in [-0.2, -0.15) is 4.39 Å². The molecular weight excluding hydrogens is 283 g/mol. The summed E-state index contributed by atoms with van der Waals surface area (Å²) in [6, 6.07) is 5.55. The molecule has 0 aliphatic heterocycles. The van der Waals surface area contributed by atoms with Crippen LogP contribution >= 0.6 is 11.6 Å². The fraction of sp³-hybridized carbons (Fsp3) is 0.286. The summed E-state index contributed by atoms with van der Waals surface area (Å²) in [5, 5.41) is 9.49. The molecule has 0 unspecified atom stereocenters. The second-order valence-electron chi connectivity index (χ2n) is 5.01. The number of hydrogen-bond acceptors (Lipinski definition) is 2. The second kappa shape index (κ2) is 4.90. The first kappa shape index (κ1) is 13.1. The highest BCUT2D eigenvalue weighted by molar-refractivity contribution is 6.31. The van der Waals surface area contributed by atoms with Crippen LogP contribution in [0.15, 0.2) is 30.7 Å². The molecule has 3 rings (SSSR count). The third-order valence-electron chi connectivity index (χ3n) is 3.57. The number of carboxylic acid groups (broad SMARTS) is 1. The predicted molar refractivity (Wildman–Crippen MR) is 71.2 cm³/mol. The van der Waals surface area contributed by atoms with Gasteiger partial charge in [0.15, 0.2) is 0 Å². The van der Waals surface area contributed by atoms with Crippen molar-refractivity contribution in [3.05, 3.63) is 52.8 Å². The quantitative estimate of drug-likeness (QED) is 0.943. The molecule has 1 N–H and O–H groups in total. The molecule has 6 heteroatoms. The minimum atomic E-state index is -0.760. The lowest BCUT2D eigenvalue weighted by Gasteiger charge is -2.07. The van der Waals surface area contributed by atoms with Crippen LogP contribution in [0.2, 0.25) is 5.02 Å². The summed E-state index contributed by atoms with van der Waals surface area (Å²) in [5.41, 5.74) is 1.79. The number of aromatic nitrogens is 2. The van der Waals surface area contributed by atoms with Crippen molar-refractivity contribution < 1.29 is 14.3 Å². The Morgan fingerprint density at radius 2 is 2.35 bits per heavy atom. The number of hydrogen-bond donors (Lipinski definition) is 1. The molecule has 104 valence electrons. The first-order valence-corrected chi connectivity index (χ1v) is 6.61. The molecule has 0 radical (unpaired) electrons. The zero-order valence-electron chi connectivity index (χ0n) is 10.5. The third kappa shape index (κ3) is 2.54. The van der Waals surface area contributed by atoms with Gasteiger partial charge in [-0.1, -0.05) is 23.7 Å². The number of halogens is 2. The van der Waals surface area contributed by atoms with Crippen molar-refractivity contribution in [1.29, 1.82) is 0 Å². The highest BCUT2D eigenvalue weighted by Gasteiger charge is 2.44. The van der Waals surface area contributed by atoms with E-state index in [1.165, 1.54) is 12.5 Å². The Bertz CT molecular complexity index is 671. The minimum absolute atomic E-state index is 0.0599. The van der Waals surface area contributed by atoms with Crippen molar-refractivity contribution in [2.75, 3.05) is 0 Å². The molecule has 1 saturated carbocycles. The summed E-state index contributed by atoms with van der Waals surface area (Å²) in [6.45, 7) is 0.434. The molecule has 1 aromatic carbocycles. The number of imidazole rings is 1. The van der Waals surface area contributed by atoms with E-state index >= 15 is 0 Å². The van der Waals surface area contributed by atoms with E-state index in [9.17, 15) is 9.18 Å². The van der Waals surface area contributed by atoms with Crippen molar-refractivity contribution >= 4 is 17.6 Å². The Morgan fingerprint density at radius 3 is 2.90 bits per heavy atom. The van der Waals surface area contributed by atoms with Crippen molar-refractivity contribution in [2.45, 2.75) is 18.9 Å². The Labute approximate surface area is 119 Å². The van der Waals surface area contributed by atoms with Gasteiger partial charge in [-0.15, -0.1) is 0 Å². The Hall–Kier alpha value is -1.88. The standard InChI is InChI=1S/C14H12ClFN2O2/c15-12-3-8(10-4-11(10)14(19)20)1-2-9(12)5-18-6-13(16)17-7-18/h1-3,6-7,10-11H,4-5H2,(H,19,20)/t10-,11+/m0/s1. The summed E-state index contributed by atoms with van der Waals surface area (Å²) in [6.07, 6.45) is 3.37. The molecule has 1 fully saturated rings. The molecule has 0 bridgehead atoms. The fourth-order valence-electron chi connectivity index (χ4n) is 2.37. The summed E-state index contributed by atoms with van der Waals surface area (Å²) in [4.78, 5) is 14.4. The minimum Gasteiger partial charge on any atom is -0.481 e. The number of carbonyl (C=O) groups is 1. The molecular formula is C14H12ClFN2O2. The van der Waals surface area contributed by atoms with Crippen LogP contribution in [0.5, 0.6) is 0 Å². The maximum absolute atomic E-state index is 12.8. The van der Waals surface area contributed by atoms with E-state index in [0.717, 1.165) is 11.1 Å². The molecule has 1 aliphatic rings. The van der Waals surface area contributed by atoms with Crippen LogP contribution in [0.1, 0.15) is 23.5 Å². The van der Waals surface area contributed by atoms with E-state index in [-0.39, 0.29) is 11.8 Å². The zero-order chi connectivity index (χ0) is 14.3. The number of nitrogens with zero attached hydrogens (tertiary/aromatic N) is 2. The molecule has 4 nitrogen and oxygen atoms in total. The van der Waals surface area contributed by atoms with E-state index in [0.29, 0.717) is 18.0 Å². The smallest absolute Gasteiger partial charge is 0.307 e.